The first-order chi connectivity index (χ1) is 10.1. The smallest absolute Gasteiger partial charge is 0.337 e. The fourth-order valence-corrected chi connectivity index (χ4v) is 2.16. The van der Waals surface area contributed by atoms with Gasteiger partial charge >= 0.3 is 12.0 Å². The lowest BCUT2D eigenvalue weighted by molar-refractivity contribution is -0.0134. The van der Waals surface area contributed by atoms with Crippen molar-refractivity contribution in [2.24, 2.45) is 0 Å². The molecule has 0 spiro atoms. The highest BCUT2D eigenvalue weighted by Crippen LogP contribution is 2.13. The highest BCUT2D eigenvalue weighted by Gasteiger charge is 2.23. The summed E-state index contributed by atoms with van der Waals surface area (Å²) >= 11 is 0. The normalized spacial score (nSPS) is 18.2. The van der Waals surface area contributed by atoms with Crippen LogP contribution >= 0.6 is 0 Å². The van der Waals surface area contributed by atoms with E-state index in [4.69, 9.17) is 4.74 Å². The van der Waals surface area contributed by atoms with Crippen molar-refractivity contribution in [3.63, 3.8) is 0 Å². The maximum absolute atomic E-state index is 12.2. The maximum atomic E-state index is 12.2. The molecule has 1 fully saturated rings. The quantitative estimate of drug-likeness (QED) is 0.866. The third kappa shape index (κ3) is 3.95. The number of benzene rings is 1. The van der Waals surface area contributed by atoms with Gasteiger partial charge in [-0.15, -0.1) is 0 Å². The van der Waals surface area contributed by atoms with E-state index in [9.17, 15) is 9.59 Å². The molecule has 21 heavy (non-hydrogen) atoms. The van der Waals surface area contributed by atoms with Crippen LogP contribution in [0.4, 0.5) is 10.5 Å². The molecule has 0 saturated carbocycles. The Bertz CT molecular complexity index is 501. The van der Waals surface area contributed by atoms with Gasteiger partial charge in [0.2, 0.25) is 0 Å². The Balaban J connectivity index is 1.94. The number of carbonyl (C=O) groups excluding carboxylic acids is 2. The van der Waals surface area contributed by atoms with E-state index >= 15 is 0 Å². The minimum Gasteiger partial charge on any atom is -0.465 e. The molecule has 1 atom stereocenters. The lowest BCUT2D eigenvalue weighted by atomic mass is 10.2. The summed E-state index contributed by atoms with van der Waals surface area (Å²) in [5.41, 5.74) is 1.10. The van der Waals surface area contributed by atoms with Crippen LogP contribution in [0.2, 0.25) is 0 Å². The fourth-order valence-electron chi connectivity index (χ4n) is 2.16. The molecule has 1 N–H and O–H groups in total. The van der Waals surface area contributed by atoms with Crippen molar-refractivity contribution in [3.05, 3.63) is 29.8 Å². The van der Waals surface area contributed by atoms with E-state index in [1.54, 1.807) is 29.2 Å². The van der Waals surface area contributed by atoms with Crippen LogP contribution in [0.5, 0.6) is 0 Å². The zero-order valence-corrected chi connectivity index (χ0v) is 12.3. The molecule has 0 bridgehead atoms. The number of esters is 1. The third-order valence-electron chi connectivity index (χ3n) is 3.44. The number of ether oxygens (including phenoxy) is 2. The number of carbonyl (C=O) groups is 2. The van der Waals surface area contributed by atoms with Gasteiger partial charge in [0, 0.05) is 18.8 Å². The maximum Gasteiger partial charge on any atom is 0.337 e. The summed E-state index contributed by atoms with van der Waals surface area (Å²) < 4.78 is 10.2. The van der Waals surface area contributed by atoms with Gasteiger partial charge in [-0.1, -0.05) is 6.92 Å². The predicted molar refractivity (Wildman–Crippen MR) is 78.4 cm³/mol. The van der Waals surface area contributed by atoms with E-state index < -0.39 is 5.97 Å². The summed E-state index contributed by atoms with van der Waals surface area (Å²) in [6, 6.07) is 6.46. The summed E-state index contributed by atoms with van der Waals surface area (Å²) in [5.74, 6) is -0.396. The van der Waals surface area contributed by atoms with E-state index in [0.717, 1.165) is 6.42 Å². The molecule has 0 aliphatic carbocycles. The molecule has 1 heterocycles. The first-order valence-corrected chi connectivity index (χ1v) is 7.00. The van der Waals surface area contributed by atoms with Gasteiger partial charge in [-0.05, 0) is 30.7 Å². The lowest BCUT2D eigenvalue weighted by Crippen LogP contribution is -2.47. The summed E-state index contributed by atoms with van der Waals surface area (Å²) in [6.45, 7) is 3.79. The van der Waals surface area contributed by atoms with Gasteiger partial charge in [0.25, 0.3) is 0 Å². The van der Waals surface area contributed by atoms with Gasteiger partial charge in [0.05, 0.1) is 25.4 Å². The molecule has 6 nitrogen and oxygen atoms in total. The van der Waals surface area contributed by atoms with Gasteiger partial charge in [-0.25, -0.2) is 9.59 Å². The minimum absolute atomic E-state index is 0.103. The number of rotatable bonds is 3. The average Bonchev–Trinajstić information content (AvgIpc) is 2.54. The Morgan fingerprint density at radius 3 is 2.71 bits per heavy atom. The molecule has 2 amide bonds. The first kappa shape index (κ1) is 15.3. The van der Waals surface area contributed by atoms with E-state index in [1.165, 1.54) is 7.11 Å². The van der Waals surface area contributed by atoms with Crippen molar-refractivity contribution in [2.75, 3.05) is 32.1 Å². The Hall–Kier alpha value is -2.08. The fraction of sp³-hybridized carbons (Fsp3) is 0.467. The van der Waals surface area contributed by atoms with Crippen molar-refractivity contribution < 1.29 is 19.1 Å². The van der Waals surface area contributed by atoms with Gasteiger partial charge in [0.1, 0.15) is 0 Å². The number of hydrogen-bond donors (Lipinski definition) is 1. The highest BCUT2D eigenvalue weighted by atomic mass is 16.5. The molecule has 1 aromatic carbocycles. The Labute approximate surface area is 124 Å². The Morgan fingerprint density at radius 1 is 1.38 bits per heavy atom. The van der Waals surface area contributed by atoms with Gasteiger partial charge < -0.3 is 19.7 Å². The average molecular weight is 292 g/mol. The van der Waals surface area contributed by atoms with Crippen LogP contribution in [-0.2, 0) is 9.47 Å². The SMILES string of the molecule is CCC1CN(C(=O)Nc2ccc(C(=O)OC)cc2)CCO1. The van der Waals surface area contributed by atoms with E-state index in [-0.39, 0.29) is 12.1 Å². The minimum atomic E-state index is -0.396. The molecular formula is C15H20N2O4. The Kier molecular flexibility index (Phi) is 5.16. The Morgan fingerprint density at radius 2 is 2.10 bits per heavy atom. The summed E-state index contributed by atoms with van der Waals surface area (Å²) in [7, 11) is 1.33. The summed E-state index contributed by atoms with van der Waals surface area (Å²) in [5, 5.41) is 2.82. The van der Waals surface area contributed by atoms with Crippen molar-refractivity contribution in [2.45, 2.75) is 19.4 Å². The summed E-state index contributed by atoms with van der Waals surface area (Å²) in [4.78, 5) is 25.2. The van der Waals surface area contributed by atoms with Gasteiger partial charge in [-0.3, -0.25) is 0 Å². The molecule has 2 rings (SSSR count). The molecule has 1 aromatic rings. The van der Waals surface area contributed by atoms with E-state index in [1.807, 2.05) is 6.92 Å². The molecule has 1 saturated heterocycles. The van der Waals surface area contributed by atoms with Crippen LogP contribution < -0.4 is 5.32 Å². The number of morpholine rings is 1. The zero-order chi connectivity index (χ0) is 15.2. The molecule has 1 aliphatic heterocycles. The van der Waals surface area contributed by atoms with Crippen LogP contribution in [0.1, 0.15) is 23.7 Å². The predicted octanol–water partition coefficient (Wildman–Crippen LogP) is 2.12. The number of hydrogen-bond acceptors (Lipinski definition) is 4. The second-order valence-electron chi connectivity index (χ2n) is 4.85. The van der Waals surface area contributed by atoms with Gasteiger partial charge in [-0.2, -0.15) is 0 Å². The van der Waals surface area contributed by atoms with Crippen molar-refractivity contribution >= 4 is 17.7 Å². The molecule has 1 unspecified atom stereocenters. The number of nitrogens with one attached hydrogen (secondary N) is 1. The van der Waals surface area contributed by atoms with Crippen LogP contribution in [0, 0.1) is 0 Å². The number of methoxy groups -OCH3 is 1. The van der Waals surface area contributed by atoms with E-state index in [2.05, 4.69) is 10.1 Å². The van der Waals surface area contributed by atoms with Crippen LogP contribution in [0.15, 0.2) is 24.3 Å². The second-order valence-corrected chi connectivity index (χ2v) is 4.85. The molecule has 0 aromatic heterocycles. The summed E-state index contributed by atoms with van der Waals surface area (Å²) in [6.07, 6.45) is 0.989. The highest BCUT2D eigenvalue weighted by molar-refractivity contribution is 5.92. The standard InChI is InChI=1S/C15H20N2O4/c1-3-13-10-17(8-9-21-13)15(19)16-12-6-4-11(5-7-12)14(18)20-2/h4-7,13H,3,8-10H2,1-2H3,(H,16,19). The number of nitrogens with zero attached hydrogens (tertiary/aromatic N) is 1. The second kappa shape index (κ2) is 7.08. The lowest BCUT2D eigenvalue weighted by Gasteiger charge is -2.32. The van der Waals surface area contributed by atoms with Crippen LogP contribution in [0.3, 0.4) is 0 Å². The topological polar surface area (TPSA) is 67.9 Å². The first-order valence-electron chi connectivity index (χ1n) is 7.00. The molecule has 114 valence electrons. The number of urea groups is 1. The molecule has 6 heteroatoms. The third-order valence-corrected chi connectivity index (χ3v) is 3.44. The molecule has 1 aliphatic rings. The monoisotopic (exact) mass is 292 g/mol. The van der Waals surface area contributed by atoms with Gasteiger partial charge in [0.15, 0.2) is 0 Å². The largest absolute Gasteiger partial charge is 0.465 e. The van der Waals surface area contributed by atoms with Crippen molar-refractivity contribution in [3.8, 4) is 0 Å². The zero-order valence-electron chi connectivity index (χ0n) is 12.3. The van der Waals surface area contributed by atoms with E-state index in [0.29, 0.717) is 30.9 Å². The van der Waals surface area contributed by atoms with Crippen LogP contribution in [0.25, 0.3) is 0 Å². The van der Waals surface area contributed by atoms with Crippen LogP contribution in [-0.4, -0.2) is 49.8 Å². The number of amides is 2. The van der Waals surface area contributed by atoms with Crippen molar-refractivity contribution in [1.82, 2.24) is 4.90 Å². The number of anilines is 1. The molecule has 0 radical (unpaired) electrons. The van der Waals surface area contributed by atoms with Crippen molar-refractivity contribution in [1.29, 1.82) is 0 Å². The molecular weight excluding hydrogens is 272 g/mol.